The molecule has 0 saturated carbocycles. The third kappa shape index (κ3) is 2.21. The number of rotatable bonds is 2. The Balaban J connectivity index is 1.86. The molecular weight excluding hydrogens is 238 g/mol. The molecule has 3 rings (SSSR count). The van der Waals surface area contributed by atoms with Crippen molar-refractivity contribution in [1.29, 1.82) is 0 Å². The van der Waals surface area contributed by atoms with Crippen molar-refractivity contribution in [3.05, 3.63) is 18.0 Å². The van der Waals surface area contributed by atoms with E-state index in [4.69, 9.17) is 0 Å². The van der Waals surface area contributed by atoms with Crippen molar-refractivity contribution in [2.75, 3.05) is 7.05 Å². The predicted molar refractivity (Wildman–Crippen MR) is 74.9 cm³/mol. The van der Waals surface area contributed by atoms with Gasteiger partial charge in [-0.25, -0.2) is 0 Å². The van der Waals surface area contributed by atoms with E-state index >= 15 is 0 Å². The summed E-state index contributed by atoms with van der Waals surface area (Å²) in [7, 11) is 2.21. The van der Waals surface area contributed by atoms with Crippen LogP contribution in [0.2, 0.25) is 0 Å². The second kappa shape index (κ2) is 4.60. The average molecular weight is 263 g/mol. The monoisotopic (exact) mass is 263 g/mol. The Labute approximate surface area is 115 Å². The van der Waals surface area contributed by atoms with Gasteiger partial charge in [0.05, 0.1) is 11.8 Å². The van der Waals surface area contributed by atoms with E-state index in [0.717, 1.165) is 18.4 Å². The van der Waals surface area contributed by atoms with Crippen molar-refractivity contribution in [2.24, 2.45) is 0 Å². The Morgan fingerprint density at radius 3 is 2.47 bits per heavy atom. The first-order chi connectivity index (χ1) is 8.99. The summed E-state index contributed by atoms with van der Waals surface area (Å²) in [6, 6.07) is 1.41. The van der Waals surface area contributed by atoms with Crippen LogP contribution in [-0.4, -0.2) is 38.9 Å². The molecule has 2 fully saturated rings. The molecule has 0 aromatic carbocycles. The van der Waals surface area contributed by atoms with Gasteiger partial charge >= 0.3 is 0 Å². The van der Waals surface area contributed by atoms with Gasteiger partial charge in [-0.1, -0.05) is 6.42 Å². The maximum atomic E-state index is 11.1. The highest BCUT2D eigenvalue weighted by molar-refractivity contribution is 5.19. The summed E-state index contributed by atoms with van der Waals surface area (Å²) in [6.07, 6.45) is 9.34. The Morgan fingerprint density at radius 1 is 1.32 bits per heavy atom. The molecule has 1 aromatic rings. The molecule has 19 heavy (non-hydrogen) atoms. The van der Waals surface area contributed by atoms with Crippen LogP contribution in [0, 0.1) is 0 Å². The predicted octanol–water partition coefficient (Wildman–Crippen LogP) is 2.30. The molecule has 0 radical (unpaired) electrons. The zero-order chi connectivity index (χ0) is 13.6. The van der Waals surface area contributed by atoms with Crippen LogP contribution in [-0.2, 0) is 5.60 Å². The van der Waals surface area contributed by atoms with E-state index < -0.39 is 5.60 Å². The minimum absolute atomic E-state index is 0.350. The lowest BCUT2D eigenvalue weighted by atomic mass is 9.73. The summed E-state index contributed by atoms with van der Waals surface area (Å²) < 4.78 is 1.95. The molecule has 2 saturated heterocycles. The highest BCUT2D eigenvalue weighted by atomic mass is 16.3. The highest BCUT2D eigenvalue weighted by Crippen LogP contribution is 2.43. The molecule has 106 valence electrons. The summed E-state index contributed by atoms with van der Waals surface area (Å²) >= 11 is 0. The largest absolute Gasteiger partial charge is 0.385 e. The summed E-state index contributed by atoms with van der Waals surface area (Å²) in [5.74, 6) is 0. The fraction of sp³-hybridized carbons (Fsp3) is 0.800. The van der Waals surface area contributed by atoms with Gasteiger partial charge in [-0.2, -0.15) is 5.10 Å². The van der Waals surface area contributed by atoms with Gasteiger partial charge in [0, 0.05) is 29.9 Å². The molecule has 2 bridgehead atoms. The first kappa shape index (κ1) is 13.1. The number of fused-ring (bicyclic) bond motifs is 2. The van der Waals surface area contributed by atoms with E-state index in [0.29, 0.717) is 18.1 Å². The standard InChI is InChI=1S/C15H25N3O/c1-11(2)18-10-12(9-16-18)15(19)7-13-5-4-6-14(8-15)17(13)3/h9-11,13-14,19H,4-8H2,1-3H3. The smallest absolute Gasteiger partial charge is 0.0956 e. The number of hydrogen-bond donors (Lipinski definition) is 1. The Bertz CT molecular complexity index is 440. The summed E-state index contributed by atoms with van der Waals surface area (Å²) in [4.78, 5) is 2.48. The SMILES string of the molecule is CC(C)n1cc(C2(O)CC3CCCC(C2)N3C)cn1. The molecule has 4 nitrogen and oxygen atoms in total. The first-order valence-electron chi connectivity index (χ1n) is 7.48. The normalized spacial score (nSPS) is 35.8. The molecule has 4 heteroatoms. The molecule has 0 amide bonds. The molecule has 3 heterocycles. The van der Waals surface area contributed by atoms with Gasteiger partial charge in [-0.15, -0.1) is 0 Å². The zero-order valence-electron chi connectivity index (χ0n) is 12.2. The van der Waals surface area contributed by atoms with Crippen LogP contribution >= 0.6 is 0 Å². The molecular formula is C15H25N3O. The first-order valence-corrected chi connectivity index (χ1v) is 7.48. The van der Waals surface area contributed by atoms with Crippen LogP contribution in [0.4, 0.5) is 0 Å². The lowest BCUT2D eigenvalue weighted by Crippen LogP contribution is -2.55. The Hall–Kier alpha value is -0.870. The van der Waals surface area contributed by atoms with E-state index in [1.54, 1.807) is 0 Å². The van der Waals surface area contributed by atoms with E-state index in [2.05, 4.69) is 30.9 Å². The van der Waals surface area contributed by atoms with Crippen LogP contribution in [0.15, 0.2) is 12.4 Å². The van der Waals surface area contributed by atoms with Crippen LogP contribution in [0.5, 0.6) is 0 Å². The highest BCUT2D eigenvalue weighted by Gasteiger charge is 2.45. The quantitative estimate of drug-likeness (QED) is 0.890. The summed E-state index contributed by atoms with van der Waals surface area (Å²) in [5.41, 5.74) is 0.335. The zero-order valence-corrected chi connectivity index (χ0v) is 12.2. The van der Waals surface area contributed by atoms with Gasteiger partial charge in [0.15, 0.2) is 0 Å². The van der Waals surface area contributed by atoms with E-state index in [9.17, 15) is 5.11 Å². The number of aliphatic hydroxyl groups is 1. The molecule has 1 aromatic heterocycles. The number of hydrogen-bond acceptors (Lipinski definition) is 3. The Morgan fingerprint density at radius 2 is 1.95 bits per heavy atom. The van der Waals surface area contributed by atoms with Crippen molar-refractivity contribution >= 4 is 0 Å². The van der Waals surface area contributed by atoms with Crippen molar-refractivity contribution in [3.63, 3.8) is 0 Å². The van der Waals surface area contributed by atoms with E-state index in [-0.39, 0.29) is 0 Å². The molecule has 2 aliphatic rings. The molecule has 2 unspecified atom stereocenters. The van der Waals surface area contributed by atoms with E-state index in [1.165, 1.54) is 19.3 Å². The lowest BCUT2D eigenvalue weighted by Gasteiger charge is -2.50. The number of aromatic nitrogens is 2. The minimum Gasteiger partial charge on any atom is -0.385 e. The fourth-order valence-corrected chi connectivity index (χ4v) is 3.75. The topological polar surface area (TPSA) is 41.3 Å². The van der Waals surface area contributed by atoms with Gasteiger partial charge in [0.25, 0.3) is 0 Å². The second-order valence-electron chi connectivity index (χ2n) is 6.65. The minimum atomic E-state index is -0.671. The van der Waals surface area contributed by atoms with Gasteiger partial charge in [0.2, 0.25) is 0 Å². The third-order valence-corrected chi connectivity index (χ3v) is 5.04. The molecule has 1 N–H and O–H groups in total. The van der Waals surface area contributed by atoms with E-state index in [1.807, 2.05) is 17.1 Å². The van der Waals surface area contributed by atoms with Crippen LogP contribution < -0.4 is 0 Å². The maximum Gasteiger partial charge on any atom is 0.0956 e. The third-order valence-electron chi connectivity index (χ3n) is 5.04. The van der Waals surface area contributed by atoms with Gasteiger partial charge in [-0.05, 0) is 46.6 Å². The molecule has 2 aliphatic heterocycles. The lowest BCUT2D eigenvalue weighted by molar-refractivity contribution is -0.0875. The Kier molecular flexibility index (Phi) is 3.18. The van der Waals surface area contributed by atoms with Crippen molar-refractivity contribution in [1.82, 2.24) is 14.7 Å². The summed E-state index contributed by atoms with van der Waals surface area (Å²) in [6.45, 7) is 4.23. The van der Waals surface area contributed by atoms with Crippen molar-refractivity contribution in [3.8, 4) is 0 Å². The number of nitrogens with zero attached hydrogens (tertiary/aromatic N) is 3. The van der Waals surface area contributed by atoms with Crippen molar-refractivity contribution in [2.45, 2.75) is 69.7 Å². The molecule has 0 aliphatic carbocycles. The van der Waals surface area contributed by atoms with Gasteiger partial charge in [0.1, 0.15) is 0 Å². The second-order valence-corrected chi connectivity index (χ2v) is 6.65. The molecule has 0 spiro atoms. The fourth-order valence-electron chi connectivity index (χ4n) is 3.75. The van der Waals surface area contributed by atoms with Crippen LogP contribution in [0.25, 0.3) is 0 Å². The van der Waals surface area contributed by atoms with Crippen molar-refractivity contribution < 1.29 is 5.11 Å². The number of piperidine rings is 2. The maximum absolute atomic E-state index is 11.1. The summed E-state index contributed by atoms with van der Waals surface area (Å²) in [5, 5.41) is 15.5. The van der Waals surface area contributed by atoms with Gasteiger partial charge < -0.3 is 10.0 Å². The average Bonchev–Trinajstić information content (AvgIpc) is 2.81. The molecule has 2 atom stereocenters. The van der Waals surface area contributed by atoms with Crippen LogP contribution in [0.3, 0.4) is 0 Å². The van der Waals surface area contributed by atoms with Crippen LogP contribution in [0.1, 0.15) is 57.6 Å². The van der Waals surface area contributed by atoms with Gasteiger partial charge in [-0.3, -0.25) is 4.68 Å².